The Morgan fingerprint density at radius 1 is 0.969 bits per heavy atom. The maximum Gasteiger partial charge on any atom is 0.490 e. The van der Waals surface area contributed by atoms with Gasteiger partial charge in [-0.05, 0) is 67.3 Å². The summed E-state index contributed by atoms with van der Waals surface area (Å²) < 4.78 is 37.6. The summed E-state index contributed by atoms with van der Waals surface area (Å²) in [6.45, 7) is 5.32. The zero-order valence-corrected chi connectivity index (χ0v) is 18.1. The molecule has 1 N–H and O–H groups in total. The monoisotopic (exact) mass is 449 g/mol. The normalized spacial score (nSPS) is 20.8. The standard InChI is InChI=1S/C23H29NO.C2HF3O2/c1-2-6-20(7-3-1)17-25-18-21-14-23(15-21)22-10-8-19(9-11-22)16-24-12-4-5-13-24;3-2(4,5)1(6)7/h1-3,6-11,21,23H,4-5,12-18H2;(H,6,7). The Morgan fingerprint density at radius 3 is 2.12 bits per heavy atom. The molecule has 1 saturated heterocycles. The predicted molar refractivity (Wildman–Crippen MR) is 116 cm³/mol. The van der Waals surface area contributed by atoms with E-state index in [1.807, 2.05) is 0 Å². The molecule has 0 unspecified atom stereocenters. The van der Waals surface area contributed by atoms with E-state index < -0.39 is 12.1 Å². The van der Waals surface area contributed by atoms with Crippen LogP contribution >= 0.6 is 0 Å². The van der Waals surface area contributed by atoms with Gasteiger partial charge in [-0.3, -0.25) is 4.90 Å². The van der Waals surface area contributed by atoms with Crippen molar-refractivity contribution in [1.29, 1.82) is 0 Å². The van der Waals surface area contributed by atoms with Crippen LogP contribution in [0.25, 0.3) is 0 Å². The molecule has 174 valence electrons. The van der Waals surface area contributed by atoms with Gasteiger partial charge >= 0.3 is 12.1 Å². The Balaban J connectivity index is 0.000000360. The number of carbonyl (C=O) groups is 1. The molecule has 7 heteroatoms. The third kappa shape index (κ3) is 7.64. The minimum Gasteiger partial charge on any atom is -0.475 e. The average Bonchev–Trinajstić information content (AvgIpc) is 3.24. The lowest BCUT2D eigenvalue weighted by Gasteiger charge is -2.35. The van der Waals surface area contributed by atoms with Gasteiger partial charge in [-0.2, -0.15) is 13.2 Å². The molecular formula is C25H30F3NO3. The lowest BCUT2D eigenvalue weighted by Crippen LogP contribution is -2.26. The zero-order chi connectivity index (χ0) is 23.0. The molecule has 0 spiro atoms. The Kier molecular flexibility index (Phi) is 8.70. The quantitative estimate of drug-likeness (QED) is 0.596. The zero-order valence-electron chi connectivity index (χ0n) is 18.1. The number of aliphatic carboxylic acids is 1. The minimum atomic E-state index is -5.08. The maximum absolute atomic E-state index is 10.6. The van der Waals surface area contributed by atoms with Crippen LogP contribution < -0.4 is 0 Å². The molecule has 0 radical (unpaired) electrons. The molecule has 0 bridgehead atoms. The SMILES string of the molecule is O=C(O)C(F)(F)F.c1ccc(COCC2CC(c3ccc(CN4CCCC4)cc3)C2)cc1. The fourth-order valence-electron chi connectivity index (χ4n) is 4.16. The topological polar surface area (TPSA) is 49.8 Å². The number of benzene rings is 2. The first-order chi connectivity index (χ1) is 15.3. The van der Waals surface area contributed by atoms with Crippen molar-refractivity contribution < 1.29 is 27.8 Å². The molecule has 2 aromatic carbocycles. The van der Waals surface area contributed by atoms with Gasteiger partial charge in [0.1, 0.15) is 0 Å². The summed E-state index contributed by atoms with van der Waals surface area (Å²) in [5.74, 6) is -1.28. The Labute approximate surface area is 187 Å². The van der Waals surface area contributed by atoms with Gasteiger partial charge in [0, 0.05) is 13.2 Å². The molecular weight excluding hydrogens is 419 g/mol. The Hall–Kier alpha value is -2.38. The summed E-state index contributed by atoms with van der Waals surface area (Å²) in [5.41, 5.74) is 4.25. The number of rotatable bonds is 7. The van der Waals surface area contributed by atoms with E-state index in [0.29, 0.717) is 0 Å². The molecule has 1 saturated carbocycles. The predicted octanol–water partition coefficient (Wildman–Crippen LogP) is 5.63. The first-order valence-electron chi connectivity index (χ1n) is 11.0. The number of nitrogens with zero attached hydrogens (tertiary/aromatic N) is 1. The third-order valence-electron chi connectivity index (χ3n) is 6.00. The second-order valence-corrected chi connectivity index (χ2v) is 8.56. The van der Waals surface area contributed by atoms with Crippen LogP contribution in [0.15, 0.2) is 54.6 Å². The van der Waals surface area contributed by atoms with Gasteiger partial charge in [0.15, 0.2) is 0 Å². The first kappa shape index (κ1) is 24.3. The van der Waals surface area contributed by atoms with Crippen LogP contribution in [0.3, 0.4) is 0 Å². The number of hydrogen-bond acceptors (Lipinski definition) is 3. The van der Waals surface area contributed by atoms with Crippen LogP contribution in [0.4, 0.5) is 13.2 Å². The summed E-state index contributed by atoms with van der Waals surface area (Å²) in [6.07, 6.45) is 0.211. The van der Waals surface area contributed by atoms with E-state index in [9.17, 15) is 13.2 Å². The molecule has 1 aliphatic heterocycles. The second-order valence-electron chi connectivity index (χ2n) is 8.56. The van der Waals surface area contributed by atoms with Crippen molar-refractivity contribution in [3.8, 4) is 0 Å². The summed E-state index contributed by atoms with van der Waals surface area (Å²) in [5, 5.41) is 7.12. The van der Waals surface area contributed by atoms with E-state index in [4.69, 9.17) is 14.6 Å². The maximum atomic E-state index is 10.6. The fourth-order valence-corrected chi connectivity index (χ4v) is 4.16. The molecule has 4 nitrogen and oxygen atoms in total. The van der Waals surface area contributed by atoms with E-state index in [1.54, 1.807) is 0 Å². The largest absolute Gasteiger partial charge is 0.490 e. The van der Waals surface area contributed by atoms with Crippen molar-refractivity contribution in [3.05, 3.63) is 71.3 Å². The summed E-state index contributed by atoms with van der Waals surface area (Å²) in [6, 6.07) is 19.9. The minimum absolute atomic E-state index is 0.734. The van der Waals surface area contributed by atoms with Crippen molar-refractivity contribution in [2.24, 2.45) is 5.92 Å². The van der Waals surface area contributed by atoms with E-state index in [1.165, 1.54) is 55.5 Å². The van der Waals surface area contributed by atoms with E-state index in [2.05, 4.69) is 59.5 Å². The number of likely N-dealkylation sites (tertiary alicyclic amines) is 1. The molecule has 32 heavy (non-hydrogen) atoms. The van der Waals surface area contributed by atoms with Crippen LogP contribution in [0.2, 0.25) is 0 Å². The number of halogens is 3. The Bertz CT molecular complexity index is 828. The smallest absolute Gasteiger partial charge is 0.475 e. The van der Waals surface area contributed by atoms with Crippen molar-refractivity contribution in [1.82, 2.24) is 4.90 Å². The summed E-state index contributed by atoms with van der Waals surface area (Å²) >= 11 is 0. The highest BCUT2D eigenvalue weighted by atomic mass is 19.4. The molecule has 0 aromatic heterocycles. The van der Waals surface area contributed by atoms with Gasteiger partial charge in [0.05, 0.1) is 6.61 Å². The van der Waals surface area contributed by atoms with Crippen LogP contribution in [-0.4, -0.2) is 41.8 Å². The molecule has 0 atom stereocenters. The third-order valence-corrected chi connectivity index (χ3v) is 6.00. The van der Waals surface area contributed by atoms with Gasteiger partial charge < -0.3 is 9.84 Å². The van der Waals surface area contributed by atoms with E-state index in [0.717, 1.165) is 31.6 Å². The highest BCUT2D eigenvalue weighted by Crippen LogP contribution is 2.41. The van der Waals surface area contributed by atoms with Gasteiger partial charge in [-0.1, -0.05) is 54.6 Å². The fraction of sp³-hybridized carbons (Fsp3) is 0.480. The number of carboxylic acids is 1. The van der Waals surface area contributed by atoms with Crippen LogP contribution in [0, 0.1) is 5.92 Å². The van der Waals surface area contributed by atoms with Crippen molar-refractivity contribution >= 4 is 5.97 Å². The van der Waals surface area contributed by atoms with Gasteiger partial charge in [0.25, 0.3) is 0 Å². The van der Waals surface area contributed by atoms with E-state index in [-0.39, 0.29) is 0 Å². The van der Waals surface area contributed by atoms with Crippen LogP contribution in [-0.2, 0) is 22.7 Å². The summed E-state index contributed by atoms with van der Waals surface area (Å²) in [7, 11) is 0. The number of ether oxygens (including phenoxy) is 1. The molecule has 1 heterocycles. The molecule has 4 rings (SSSR count). The van der Waals surface area contributed by atoms with Crippen molar-refractivity contribution in [2.45, 2.75) is 50.9 Å². The van der Waals surface area contributed by atoms with Crippen LogP contribution in [0.1, 0.15) is 48.3 Å². The molecule has 0 amide bonds. The van der Waals surface area contributed by atoms with Gasteiger partial charge in [0.2, 0.25) is 0 Å². The number of carboxylic acid groups (broad SMARTS) is 1. The second kappa shape index (κ2) is 11.5. The molecule has 2 fully saturated rings. The first-order valence-corrected chi connectivity index (χ1v) is 11.0. The van der Waals surface area contributed by atoms with E-state index >= 15 is 0 Å². The lowest BCUT2D eigenvalue weighted by molar-refractivity contribution is -0.192. The number of hydrogen-bond donors (Lipinski definition) is 1. The lowest BCUT2D eigenvalue weighted by atomic mass is 9.72. The van der Waals surface area contributed by atoms with Gasteiger partial charge in [-0.15, -0.1) is 0 Å². The van der Waals surface area contributed by atoms with Crippen molar-refractivity contribution in [3.63, 3.8) is 0 Å². The molecule has 1 aliphatic carbocycles. The van der Waals surface area contributed by atoms with Crippen molar-refractivity contribution in [2.75, 3.05) is 19.7 Å². The molecule has 2 aromatic rings. The highest BCUT2D eigenvalue weighted by molar-refractivity contribution is 5.73. The number of alkyl halides is 3. The highest BCUT2D eigenvalue weighted by Gasteiger charge is 2.38. The summed E-state index contributed by atoms with van der Waals surface area (Å²) in [4.78, 5) is 11.5. The van der Waals surface area contributed by atoms with Gasteiger partial charge in [-0.25, -0.2) is 4.79 Å². The average molecular weight is 450 g/mol. The van der Waals surface area contributed by atoms with Crippen LogP contribution in [0.5, 0.6) is 0 Å². The Morgan fingerprint density at radius 2 is 1.56 bits per heavy atom. The molecule has 2 aliphatic rings.